The molecule has 3 aliphatic rings. The van der Waals surface area contributed by atoms with Crippen LogP contribution in [0.15, 0.2) is 4.99 Å². The molecule has 0 bridgehead atoms. The first-order valence-electron chi connectivity index (χ1n) is 12.8. The van der Waals surface area contributed by atoms with Crippen LogP contribution in [0.5, 0.6) is 0 Å². The second kappa shape index (κ2) is 12.9. The van der Waals surface area contributed by atoms with Crippen LogP contribution < -0.4 is 10.6 Å². The van der Waals surface area contributed by atoms with Gasteiger partial charge in [-0.25, -0.2) is 9.79 Å². The van der Waals surface area contributed by atoms with Crippen molar-refractivity contribution in [3.63, 3.8) is 0 Å². The molecular weight excluding hydrogens is 436 g/mol. The van der Waals surface area contributed by atoms with Gasteiger partial charge in [0.05, 0.1) is 25.9 Å². The number of hydrogen-bond donors (Lipinski definition) is 2. The van der Waals surface area contributed by atoms with Crippen molar-refractivity contribution >= 4 is 18.0 Å². The number of nitrogens with zero attached hydrogens (tertiary/aromatic N) is 4. The van der Waals surface area contributed by atoms with Crippen LogP contribution >= 0.6 is 0 Å². The van der Waals surface area contributed by atoms with E-state index in [9.17, 15) is 14.9 Å². The third kappa shape index (κ3) is 7.31. The summed E-state index contributed by atoms with van der Waals surface area (Å²) >= 11 is 0. The normalized spacial score (nSPS) is 25.4. The fourth-order valence-corrected chi connectivity index (χ4v) is 5.03. The molecule has 0 aromatic heterocycles. The fraction of sp³-hybridized carbons (Fsp3) is 0.833. The Labute approximate surface area is 203 Å². The third-order valence-corrected chi connectivity index (χ3v) is 7.03. The van der Waals surface area contributed by atoms with Gasteiger partial charge in [-0.05, 0) is 32.2 Å². The molecule has 10 nitrogen and oxygen atoms in total. The first kappa shape index (κ1) is 26.2. The summed E-state index contributed by atoms with van der Waals surface area (Å²) < 4.78 is 10.5. The zero-order valence-corrected chi connectivity index (χ0v) is 20.7. The van der Waals surface area contributed by atoms with E-state index in [2.05, 4.69) is 28.5 Å². The van der Waals surface area contributed by atoms with Crippen LogP contribution in [-0.4, -0.2) is 91.9 Å². The van der Waals surface area contributed by atoms with Crippen molar-refractivity contribution in [2.75, 3.05) is 52.5 Å². The van der Waals surface area contributed by atoms with Crippen LogP contribution in [0.4, 0.5) is 4.79 Å². The Bertz CT molecular complexity index is 757. The molecule has 190 valence electrons. The number of carbonyl (C=O) groups is 2. The zero-order chi connectivity index (χ0) is 24.4. The van der Waals surface area contributed by atoms with Crippen LogP contribution in [0.1, 0.15) is 58.8 Å². The number of likely N-dealkylation sites (tertiary alicyclic amines) is 1. The number of amides is 2. The highest BCUT2D eigenvalue weighted by Gasteiger charge is 2.41. The lowest BCUT2D eigenvalue weighted by Crippen LogP contribution is -2.54. The average molecular weight is 477 g/mol. The van der Waals surface area contributed by atoms with E-state index < -0.39 is 17.7 Å². The second-order valence-electron chi connectivity index (χ2n) is 9.46. The number of morpholine rings is 1. The largest absolute Gasteiger partial charge is 0.450 e. The molecule has 2 amide bonds. The summed E-state index contributed by atoms with van der Waals surface area (Å²) in [5.41, 5.74) is -0.902. The van der Waals surface area contributed by atoms with Gasteiger partial charge in [-0.1, -0.05) is 39.0 Å². The summed E-state index contributed by atoms with van der Waals surface area (Å²) in [7, 11) is 0. The van der Waals surface area contributed by atoms with Gasteiger partial charge in [-0.2, -0.15) is 5.26 Å². The van der Waals surface area contributed by atoms with Gasteiger partial charge in [0.15, 0.2) is 0 Å². The number of ether oxygens (including phenoxy) is 2. The van der Waals surface area contributed by atoms with Crippen LogP contribution in [0.3, 0.4) is 0 Å². The van der Waals surface area contributed by atoms with Gasteiger partial charge < -0.3 is 24.6 Å². The van der Waals surface area contributed by atoms with Crippen molar-refractivity contribution in [2.24, 2.45) is 10.9 Å². The van der Waals surface area contributed by atoms with E-state index in [4.69, 9.17) is 14.5 Å². The van der Waals surface area contributed by atoms with Crippen LogP contribution in [0, 0.1) is 17.2 Å². The molecule has 2 saturated heterocycles. The SMILES string of the molecule is CCOC(=O)NC(=N[C@@H](CC1CCCCC1)C(=O)NC1(C#N)CCN(CC)C1)N1CCOCC1. The summed E-state index contributed by atoms with van der Waals surface area (Å²) in [5, 5.41) is 15.7. The Morgan fingerprint density at radius 1 is 1.21 bits per heavy atom. The molecule has 1 unspecified atom stereocenters. The van der Waals surface area contributed by atoms with Gasteiger partial charge in [-0.15, -0.1) is 0 Å². The number of hydrogen-bond acceptors (Lipinski definition) is 7. The summed E-state index contributed by atoms with van der Waals surface area (Å²) in [6.07, 6.45) is 6.30. The second-order valence-corrected chi connectivity index (χ2v) is 9.46. The monoisotopic (exact) mass is 476 g/mol. The molecule has 2 atom stereocenters. The average Bonchev–Trinajstić information content (AvgIpc) is 3.28. The van der Waals surface area contributed by atoms with Crippen molar-refractivity contribution in [1.82, 2.24) is 20.4 Å². The predicted molar refractivity (Wildman–Crippen MR) is 128 cm³/mol. The molecule has 34 heavy (non-hydrogen) atoms. The van der Waals surface area contributed by atoms with Crippen molar-refractivity contribution in [3.05, 3.63) is 0 Å². The fourth-order valence-electron chi connectivity index (χ4n) is 5.03. The molecule has 1 saturated carbocycles. The Morgan fingerprint density at radius 3 is 2.56 bits per heavy atom. The molecule has 0 aromatic rings. The lowest BCUT2D eigenvalue weighted by atomic mass is 9.84. The van der Waals surface area contributed by atoms with E-state index in [1.807, 2.05) is 4.90 Å². The number of alkyl carbamates (subject to hydrolysis) is 1. The molecule has 0 spiro atoms. The summed E-state index contributed by atoms with van der Waals surface area (Å²) in [6, 6.07) is 1.67. The number of nitriles is 1. The molecular formula is C24H40N6O4. The third-order valence-electron chi connectivity index (χ3n) is 7.03. The Balaban J connectivity index is 1.83. The number of likely N-dealkylation sites (N-methyl/N-ethyl adjacent to an activating group) is 1. The van der Waals surface area contributed by atoms with Crippen molar-refractivity contribution in [3.8, 4) is 6.07 Å². The summed E-state index contributed by atoms with van der Waals surface area (Å²) in [4.78, 5) is 34.7. The van der Waals surface area contributed by atoms with Crippen LogP contribution in [0.2, 0.25) is 0 Å². The van der Waals surface area contributed by atoms with Gasteiger partial charge in [0.2, 0.25) is 11.9 Å². The van der Waals surface area contributed by atoms with Crippen LogP contribution in [-0.2, 0) is 14.3 Å². The maximum absolute atomic E-state index is 13.6. The lowest BCUT2D eigenvalue weighted by Gasteiger charge is -2.32. The number of carbonyl (C=O) groups excluding carboxylic acids is 2. The molecule has 1 aliphatic carbocycles. The number of rotatable bonds is 7. The molecule has 0 radical (unpaired) electrons. The standard InChI is InChI=1S/C24H40N6O4/c1-3-29-11-10-24(17-25,18-29)28-21(31)20(16-19-8-6-5-7-9-19)26-22(27-23(32)34-4-2)30-12-14-33-15-13-30/h19-20H,3-16,18H2,1-2H3,(H,28,31)(H,26,27,32)/t20-,24?/m0/s1. The minimum Gasteiger partial charge on any atom is -0.450 e. The molecule has 3 fully saturated rings. The van der Waals surface area contributed by atoms with E-state index >= 15 is 0 Å². The minimum absolute atomic E-state index is 0.243. The molecule has 2 aliphatic heterocycles. The lowest BCUT2D eigenvalue weighted by molar-refractivity contribution is -0.124. The smallest absolute Gasteiger partial charge is 0.413 e. The minimum atomic E-state index is -0.902. The highest BCUT2D eigenvalue weighted by molar-refractivity contribution is 5.96. The van der Waals surface area contributed by atoms with E-state index in [0.29, 0.717) is 57.6 Å². The molecule has 3 rings (SSSR count). The van der Waals surface area contributed by atoms with E-state index in [-0.39, 0.29) is 12.5 Å². The van der Waals surface area contributed by atoms with Crippen molar-refractivity contribution in [2.45, 2.75) is 70.4 Å². The Kier molecular flexibility index (Phi) is 9.96. The first-order chi connectivity index (χ1) is 16.5. The number of aliphatic imine (C=N–C) groups is 1. The summed E-state index contributed by atoms with van der Waals surface area (Å²) in [5.74, 6) is 0.488. The predicted octanol–water partition coefficient (Wildman–Crippen LogP) is 1.86. The Morgan fingerprint density at radius 2 is 1.94 bits per heavy atom. The highest BCUT2D eigenvalue weighted by atomic mass is 16.5. The van der Waals surface area contributed by atoms with Gasteiger partial charge in [0, 0.05) is 26.2 Å². The van der Waals surface area contributed by atoms with Gasteiger partial charge in [-0.3, -0.25) is 10.1 Å². The van der Waals surface area contributed by atoms with Crippen LogP contribution in [0.25, 0.3) is 0 Å². The topological polar surface area (TPSA) is 119 Å². The van der Waals surface area contributed by atoms with E-state index in [1.54, 1.807) is 6.92 Å². The van der Waals surface area contributed by atoms with Gasteiger partial charge >= 0.3 is 6.09 Å². The number of nitrogens with one attached hydrogen (secondary N) is 2. The Hall–Kier alpha value is -2.38. The van der Waals surface area contributed by atoms with Gasteiger partial charge in [0.1, 0.15) is 11.6 Å². The zero-order valence-electron chi connectivity index (χ0n) is 20.7. The van der Waals surface area contributed by atoms with Crippen molar-refractivity contribution < 1.29 is 19.1 Å². The number of guanidine groups is 1. The van der Waals surface area contributed by atoms with Gasteiger partial charge in [0.25, 0.3) is 0 Å². The maximum Gasteiger partial charge on any atom is 0.413 e. The molecule has 2 N–H and O–H groups in total. The molecule has 10 heteroatoms. The molecule has 2 heterocycles. The maximum atomic E-state index is 13.6. The summed E-state index contributed by atoms with van der Waals surface area (Å²) in [6.45, 7) is 8.36. The van der Waals surface area contributed by atoms with E-state index in [1.165, 1.54) is 6.42 Å². The highest BCUT2D eigenvalue weighted by Crippen LogP contribution is 2.29. The van der Waals surface area contributed by atoms with Crippen molar-refractivity contribution in [1.29, 1.82) is 5.26 Å². The molecule has 0 aromatic carbocycles. The first-order valence-corrected chi connectivity index (χ1v) is 12.8. The van der Waals surface area contributed by atoms with E-state index in [0.717, 1.165) is 38.8 Å². The quantitative estimate of drug-likeness (QED) is 0.425.